The lowest BCUT2D eigenvalue weighted by Gasteiger charge is -2.37. The Balaban J connectivity index is 2.86. The molecule has 1 saturated heterocycles. The SMILES string of the molecule is CCO[Si](CN1CCC[Si]1(OC)OC)(OCC)OCC. The van der Waals surface area contributed by atoms with Gasteiger partial charge < -0.3 is 22.1 Å². The van der Waals surface area contributed by atoms with Crippen molar-refractivity contribution in [1.82, 2.24) is 4.57 Å². The highest BCUT2D eigenvalue weighted by molar-refractivity contribution is 6.68. The maximum atomic E-state index is 5.92. The van der Waals surface area contributed by atoms with Crippen molar-refractivity contribution in [3.8, 4) is 0 Å². The van der Waals surface area contributed by atoms with Crippen molar-refractivity contribution in [1.29, 1.82) is 0 Å². The Morgan fingerprint density at radius 3 is 1.85 bits per heavy atom. The van der Waals surface area contributed by atoms with Crippen LogP contribution in [0.3, 0.4) is 0 Å². The third-order valence-electron chi connectivity index (χ3n) is 3.52. The van der Waals surface area contributed by atoms with E-state index in [2.05, 4.69) is 4.57 Å². The zero-order chi connectivity index (χ0) is 15.1. The van der Waals surface area contributed by atoms with Gasteiger partial charge in [-0.2, -0.15) is 0 Å². The molecule has 6 nitrogen and oxygen atoms in total. The van der Waals surface area contributed by atoms with Gasteiger partial charge in [-0.05, 0) is 33.7 Å². The van der Waals surface area contributed by atoms with E-state index in [1.165, 1.54) is 0 Å². The molecule has 0 spiro atoms. The van der Waals surface area contributed by atoms with Crippen LogP contribution in [0.15, 0.2) is 0 Å². The van der Waals surface area contributed by atoms with Crippen molar-refractivity contribution in [2.75, 3.05) is 46.8 Å². The normalized spacial score (nSPS) is 19.6. The van der Waals surface area contributed by atoms with Crippen LogP contribution in [0.5, 0.6) is 0 Å². The van der Waals surface area contributed by atoms with E-state index in [9.17, 15) is 0 Å². The highest BCUT2D eigenvalue weighted by Gasteiger charge is 2.53. The maximum absolute atomic E-state index is 5.92. The summed E-state index contributed by atoms with van der Waals surface area (Å²) in [6.45, 7) is 8.65. The lowest BCUT2D eigenvalue weighted by molar-refractivity contribution is 0.0589. The first kappa shape index (κ1) is 18.2. The molecule has 0 N–H and O–H groups in total. The average Bonchev–Trinajstić information content (AvgIpc) is 2.83. The number of rotatable bonds is 10. The van der Waals surface area contributed by atoms with Gasteiger partial charge in [-0.1, -0.05) is 0 Å². The monoisotopic (exact) mass is 323 g/mol. The summed E-state index contributed by atoms with van der Waals surface area (Å²) in [6, 6.07) is 0.981. The summed E-state index contributed by atoms with van der Waals surface area (Å²) in [7, 11) is -1.49. The Kier molecular flexibility index (Phi) is 7.84. The van der Waals surface area contributed by atoms with Crippen molar-refractivity contribution >= 4 is 17.5 Å². The third-order valence-corrected chi connectivity index (χ3v) is 10.4. The number of hydrogen-bond donors (Lipinski definition) is 0. The van der Waals surface area contributed by atoms with Crippen molar-refractivity contribution in [2.45, 2.75) is 33.2 Å². The summed E-state index contributed by atoms with van der Waals surface area (Å²) < 4.78 is 31.5. The van der Waals surface area contributed by atoms with Crippen LogP contribution in [0.4, 0.5) is 0 Å². The van der Waals surface area contributed by atoms with Gasteiger partial charge >= 0.3 is 17.5 Å². The lowest BCUT2D eigenvalue weighted by Crippen LogP contribution is -2.63. The van der Waals surface area contributed by atoms with Crippen molar-refractivity contribution < 1.29 is 22.1 Å². The molecular weight excluding hydrogens is 294 g/mol. The molecule has 0 aliphatic carbocycles. The second kappa shape index (κ2) is 8.59. The van der Waals surface area contributed by atoms with Crippen LogP contribution in [0.2, 0.25) is 6.04 Å². The Bertz CT molecular complexity index is 262. The summed E-state index contributed by atoms with van der Waals surface area (Å²) in [5.41, 5.74) is 0. The van der Waals surface area contributed by atoms with E-state index in [1.807, 2.05) is 20.8 Å². The van der Waals surface area contributed by atoms with Crippen LogP contribution < -0.4 is 0 Å². The van der Waals surface area contributed by atoms with Gasteiger partial charge in [0.2, 0.25) is 0 Å². The second-order valence-electron chi connectivity index (χ2n) is 4.63. The third kappa shape index (κ3) is 4.11. The molecule has 1 rings (SSSR count). The van der Waals surface area contributed by atoms with Gasteiger partial charge in [-0.3, -0.25) is 4.57 Å². The van der Waals surface area contributed by atoms with E-state index in [-0.39, 0.29) is 0 Å². The minimum Gasteiger partial charge on any atom is -0.386 e. The first-order valence-corrected chi connectivity index (χ1v) is 11.3. The average molecular weight is 324 g/mol. The molecule has 0 aromatic carbocycles. The summed E-state index contributed by atoms with van der Waals surface area (Å²) in [5, 5.41) is 0. The largest absolute Gasteiger partial charge is 0.515 e. The molecule has 0 aromatic heterocycles. The van der Waals surface area contributed by atoms with Crippen LogP contribution in [-0.2, 0) is 22.1 Å². The van der Waals surface area contributed by atoms with Crippen LogP contribution in [0, 0.1) is 0 Å². The highest BCUT2D eigenvalue weighted by atomic mass is 28.4. The zero-order valence-electron chi connectivity index (χ0n) is 13.4. The van der Waals surface area contributed by atoms with Crippen LogP contribution in [0.1, 0.15) is 27.2 Å². The fraction of sp³-hybridized carbons (Fsp3) is 1.00. The molecular formula is C12H29NO5Si2. The molecule has 8 heteroatoms. The Morgan fingerprint density at radius 1 is 0.950 bits per heavy atom. The smallest absolute Gasteiger partial charge is 0.386 e. The Labute approximate surface area is 125 Å². The summed E-state index contributed by atoms with van der Waals surface area (Å²) >= 11 is 0. The Hall–Kier alpha value is 0.194. The first-order chi connectivity index (χ1) is 9.62. The predicted octanol–water partition coefficient (Wildman–Crippen LogP) is 1.51. The fourth-order valence-electron chi connectivity index (χ4n) is 2.72. The van der Waals surface area contributed by atoms with E-state index in [4.69, 9.17) is 22.1 Å². The van der Waals surface area contributed by atoms with Crippen molar-refractivity contribution in [3.63, 3.8) is 0 Å². The number of nitrogens with zero attached hydrogens (tertiary/aromatic N) is 1. The van der Waals surface area contributed by atoms with E-state index in [0.717, 1.165) is 19.0 Å². The molecule has 0 amide bonds. The second-order valence-corrected chi connectivity index (χ2v) is 10.6. The molecule has 1 aliphatic rings. The highest BCUT2D eigenvalue weighted by Crippen LogP contribution is 2.29. The molecule has 0 saturated carbocycles. The van der Waals surface area contributed by atoms with E-state index >= 15 is 0 Å². The number of hydrogen-bond acceptors (Lipinski definition) is 6. The molecule has 0 atom stereocenters. The van der Waals surface area contributed by atoms with Crippen LogP contribution >= 0.6 is 0 Å². The zero-order valence-corrected chi connectivity index (χ0v) is 15.4. The minimum absolute atomic E-state index is 0.592. The topological polar surface area (TPSA) is 49.4 Å². The molecule has 20 heavy (non-hydrogen) atoms. The first-order valence-electron chi connectivity index (χ1n) is 7.39. The van der Waals surface area contributed by atoms with E-state index in [1.54, 1.807) is 14.2 Å². The van der Waals surface area contributed by atoms with Gasteiger partial charge in [-0.15, -0.1) is 0 Å². The van der Waals surface area contributed by atoms with Gasteiger partial charge in [-0.25, -0.2) is 0 Å². The quantitative estimate of drug-likeness (QED) is 0.568. The van der Waals surface area contributed by atoms with Crippen LogP contribution in [0.25, 0.3) is 0 Å². The van der Waals surface area contributed by atoms with Gasteiger partial charge in [0.1, 0.15) is 0 Å². The molecule has 120 valence electrons. The Morgan fingerprint density at radius 2 is 1.45 bits per heavy atom. The van der Waals surface area contributed by atoms with E-state index in [0.29, 0.717) is 26.0 Å². The molecule has 1 fully saturated rings. The summed E-state index contributed by atoms with van der Waals surface area (Å²) in [6.07, 6.45) is 1.74. The summed E-state index contributed by atoms with van der Waals surface area (Å²) in [5.74, 6) is 0. The molecule has 0 radical (unpaired) electrons. The lowest BCUT2D eigenvalue weighted by atomic mass is 10.5. The van der Waals surface area contributed by atoms with Gasteiger partial charge in [0, 0.05) is 40.1 Å². The van der Waals surface area contributed by atoms with Gasteiger partial charge in [0.25, 0.3) is 0 Å². The predicted molar refractivity (Wildman–Crippen MR) is 81.4 cm³/mol. The van der Waals surface area contributed by atoms with Crippen molar-refractivity contribution in [2.24, 2.45) is 0 Å². The molecule has 1 heterocycles. The van der Waals surface area contributed by atoms with E-state index < -0.39 is 17.5 Å². The summed E-state index contributed by atoms with van der Waals surface area (Å²) in [4.78, 5) is 0. The molecule has 0 bridgehead atoms. The fourth-order valence-corrected chi connectivity index (χ4v) is 9.25. The van der Waals surface area contributed by atoms with Gasteiger partial charge in [0.05, 0.1) is 6.17 Å². The van der Waals surface area contributed by atoms with Crippen molar-refractivity contribution in [3.05, 3.63) is 0 Å². The van der Waals surface area contributed by atoms with Crippen LogP contribution in [-0.4, -0.2) is 68.8 Å². The molecule has 0 aromatic rings. The minimum atomic E-state index is -2.68. The standard InChI is InChI=1S/C12H29NO5Si2/c1-6-16-20(17-7-2,18-8-3)12-13-10-9-11-19(13,14-4)15-5/h6-12H2,1-5H3. The molecule has 0 unspecified atom stereocenters. The molecule has 1 aliphatic heterocycles. The maximum Gasteiger partial charge on any atom is 0.515 e. The van der Waals surface area contributed by atoms with Gasteiger partial charge in [0.15, 0.2) is 0 Å².